The third-order valence-corrected chi connectivity index (χ3v) is 3.36. The molecule has 0 amide bonds. The zero-order valence-corrected chi connectivity index (χ0v) is 11.3. The highest BCUT2D eigenvalue weighted by atomic mass is 32.2. The lowest BCUT2D eigenvalue weighted by atomic mass is 10.2. The molecule has 0 fully saturated rings. The molecule has 0 spiro atoms. The fourth-order valence-corrected chi connectivity index (χ4v) is 2.49. The first-order chi connectivity index (χ1) is 8.11. The van der Waals surface area contributed by atoms with Crippen LogP contribution in [0.25, 0.3) is 0 Å². The molecule has 6 heteroatoms. The molecule has 0 radical (unpaired) electrons. The molecule has 1 atom stereocenters. The van der Waals surface area contributed by atoms with E-state index in [0.717, 1.165) is 12.2 Å². The average Bonchev–Trinajstić information content (AvgIpc) is 2.35. The molecule has 0 bridgehead atoms. The minimum atomic E-state index is -0.0426. The SMILES string of the molecule is CCC(CSC)N(C)c1nccnc1C(=N)N. The number of nitrogens with two attached hydrogens (primary N) is 1. The van der Waals surface area contributed by atoms with Gasteiger partial charge in [-0.1, -0.05) is 6.92 Å². The summed E-state index contributed by atoms with van der Waals surface area (Å²) >= 11 is 1.80. The Morgan fingerprint density at radius 3 is 2.71 bits per heavy atom. The van der Waals surface area contributed by atoms with Gasteiger partial charge in [0.05, 0.1) is 0 Å². The number of rotatable bonds is 6. The highest BCUT2D eigenvalue weighted by molar-refractivity contribution is 7.98. The number of amidine groups is 1. The first-order valence-electron chi connectivity index (χ1n) is 5.49. The highest BCUT2D eigenvalue weighted by Crippen LogP contribution is 2.18. The molecule has 0 aliphatic carbocycles. The molecule has 5 nitrogen and oxygen atoms in total. The lowest BCUT2D eigenvalue weighted by Crippen LogP contribution is -2.35. The monoisotopic (exact) mass is 253 g/mol. The van der Waals surface area contributed by atoms with Crippen molar-refractivity contribution in [3.63, 3.8) is 0 Å². The zero-order valence-electron chi connectivity index (χ0n) is 10.5. The molecule has 1 unspecified atom stereocenters. The van der Waals surface area contributed by atoms with Gasteiger partial charge in [0, 0.05) is 31.2 Å². The van der Waals surface area contributed by atoms with Crippen LogP contribution >= 0.6 is 11.8 Å². The van der Waals surface area contributed by atoms with Gasteiger partial charge in [-0.25, -0.2) is 9.97 Å². The largest absolute Gasteiger partial charge is 0.382 e. The van der Waals surface area contributed by atoms with Gasteiger partial charge in [0.25, 0.3) is 0 Å². The standard InChI is InChI=1S/C11H19N5S/c1-4-8(7-17-3)16(2)11-9(10(12)13)14-5-6-15-11/h5-6,8H,4,7H2,1-3H3,(H3,12,13). The van der Waals surface area contributed by atoms with Crippen LogP contribution in [-0.2, 0) is 0 Å². The van der Waals surface area contributed by atoms with E-state index < -0.39 is 0 Å². The van der Waals surface area contributed by atoms with E-state index in [2.05, 4.69) is 28.0 Å². The first kappa shape index (κ1) is 13.8. The second-order valence-corrected chi connectivity index (χ2v) is 4.68. The number of nitrogens with one attached hydrogen (secondary N) is 1. The third kappa shape index (κ3) is 3.33. The number of anilines is 1. The van der Waals surface area contributed by atoms with E-state index in [0.29, 0.717) is 17.6 Å². The molecular weight excluding hydrogens is 234 g/mol. The minimum absolute atomic E-state index is 0.0426. The number of hydrogen-bond donors (Lipinski definition) is 2. The number of aromatic nitrogens is 2. The van der Waals surface area contributed by atoms with Crippen molar-refractivity contribution in [1.29, 1.82) is 5.41 Å². The quantitative estimate of drug-likeness (QED) is 0.591. The van der Waals surface area contributed by atoms with Crippen LogP contribution in [0.5, 0.6) is 0 Å². The summed E-state index contributed by atoms with van der Waals surface area (Å²) in [5.41, 5.74) is 5.97. The van der Waals surface area contributed by atoms with Crippen molar-refractivity contribution in [2.75, 3.05) is 24.0 Å². The van der Waals surface area contributed by atoms with Crippen LogP contribution in [0.3, 0.4) is 0 Å². The Kier molecular flexibility index (Phi) is 5.21. The van der Waals surface area contributed by atoms with Gasteiger partial charge in [0.15, 0.2) is 5.82 Å². The molecule has 0 saturated heterocycles. The molecule has 0 saturated carbocycles. The van der Waals surface area contributed by atoms with Crippen molar-refractivity contribution in [1.82, 2.24) is 9.97 Å². The lowest BCUT2D eigenvalue weighted by molar-refractivity contribution is 0.664. The van der Waals surface area contributed by atoms with Crippen molar-refractivity contribution in [3.05, 3.63) is 18.1 Å². The Morgan fingerprint density at radius 1 is 1.53 bits per heavy atom. The molecule has 1 rings (SSSR count). The number of nitrogens with zero attached hydrogens (tertiary/aromatic N) is 3. The summed E-state index contributed by atoms with van der Waals surface area (Å²) in [4.78, 5) is 10.5. The first-order valence-corrected chi connectivity index (χ1v) is 6.88. The van der Waals surface area contributed by atoms with Crippen molar-refractivity contribution >= 4 is 23.4 Å². The van der Waals surface area contributed by atoms with Crippen molar-refractivity contribution in [2.45, 2.75) is 19.4 Å². The fourth-order valence-electron chi connectivity index (χ4n) is 1.65. The zero-order chi connectivity index (χ0) is 12.8. The van der Waals surface area contributed by atoms with E-state index in [-0.39, 0.29) is 5.84 Å². The second-order valence-electron chi connectivity index (χ2n) is 3.77. The molecule has 0 aliphatic heterocycles. The van der Waals surface area contributed by atoms with Gasteiger partial charge in [-0.2, -0.15) is 11.8 Å². The number of hydrogen-bond acceptors (Lipinski definition) is 5. The van der Waals surface area contributed by atoms with Gasteiger partial charge >= 0.3 is 0 Å². The number of nitrogen functional groups attached to an aromatic ring is 1. The maximum Gasteiger partial charge on any atom is 0.158 e. The fraction of sp³-hybridized carbons (Fsp3) is 0.545. The van der Waals surface area contributed by atoms with Crippen LogP contribution in [0.2, 0.25) is 0 Å². The van der Waals surface area contributed by atoms with E-state index in [9.17, 15) is 0 Å². The lowest BCUT2D eigenvalue weighted by Gasteiger charge is -2.28. The second kappa shape index (κ2) is 6.44. The van der Waals surface area contributed by atoms with E-state index >= 15 is 0 Å². The Hall–Kier alpha value is -1.30. The Morgan fingerprint density at radius 2 is 2.18 bits per heavy atom. The van der Waals surface area contributed by atoms with Crippen LogP contribution < -0.4 is 10.6 Å². The maximum atomic E-state index is 7.51. The molecule has 0 aliphatic rings. The summed E-state index contributed by atoms with van der Waals surface area (Å²) in [5, 5.41) is 7.51. The van der Waals surface area contributed by atoms with Crippen LogP contribution in [-0.4, -0.2) is 40.9 Å². The average molecular weight is 253 g/mol. The molecule has 1 aromatic rings. The van der Waals surface area contributed by atoms with Crippen molar-refractivity contribution < 1.29 is 0 Å². The van der Waals surface area contributed by atoms with Crippen LogP contribution in [0.4, 0.5) is 5.82 Å². The summed E-state index contributed by atoms with van der Waals surface area (Å²) in [6.07, 6.45) is 6.29. The molecule has 1 heterocycles. The van der Waals surface area contributed by atoms with Gasteiger partial charge in [0.2, 0.25) is 0 Å². The Bertz CT molecular complexity index is 382. The molecule has 0 aromatic carbocycles. The van der Waals surface area contributed by atoms with Gasteiger partial charge in [-0.3, -0.25) is 5.41 Å². The van der Waals surface area contributed by atoms with Crippen molar-refractivity contribution in [3.8, 4) is 0 Å². The van der Waals surface area contributed by atoms with E-state index in [1.807, 2.05) is 7.05 Å². The summed E-state index contributed by atoms with van der Waals surface area (Å²) < 4.78 is 0. The Labute approximate surface area is 106 Å². The molecule has 94 valence electrons. The van der Waals surface area contributed by atoms with Crippen molar-refractivity contribution in [2.24, 2.45) is 5.73 Å². The summed E-state index contributed by atoms with van der Waals surface area (Å²) in [5.74, 6) is 1.65. The highest BCUT2D eigenvalue weighted by Gasteiger charge is 2.18. The smallest absolute Gasteiger partial charge is 0.158 e. The van der Waals surface area contributed by atoms with E-state index in [4.69, 9.17) is 11.1 Å². The third-order valence-electron chi connectivity index (χ3n) is 2.65. The van der Waals surface area contributed by atoms with Gasteiger partial charge in [-0.05, 0) is 12.7 Å². The topological polar surface area (TPSA) is 78.9 Å². The van der Waals surface area contributed by atoms with Gasteiger partial charge in [-0.15, -0.1) is 0 Å². The van der Waals surface area contributed by atoms with E-state index in [1.165, 1.54) is 0 Å². The number of thioether (sulfide) groups is 1. The van der Waals surface area contributed by atoms with E-state index in [1.54, 1.807) is 24.2 Å². The van der Waals surface area contributed by atoms with Gasteiger partial charge in [0.1, 0.15) is 11.5 Å². The summed E-state index contributed by atoms with van der Waals surface area (Å²) in [6.45, 7) is 2.14. The Balaban J connectivity index is 3.01. The predicted molar refractivity (Wildman–Crippen MR) is 73.9 cm³/mol. The molecule has 1 aromatic heterocycles. The molecular formula is C11H19N5S. The molecule has 3 N–H and O–H groups in total. The summed E-state index contributed by atoms with van der Waals surface area (Å²) in [6, 6.07) is 0.375. The summed E-state index contributed by atoms with van der Waals surface area (Å²) in [7, 11) is 1.97. The van der Waals surface area contributed by atoms with Crippen LogP contribution in [0.15, 0.2) is 12.4 Å². The van der Waals surface area contributed by atoms with Crippen LogP contribution in [0, 0.1) is 5.41 Å². The predicted octanol–water partition coefficient (Wildman–Crippen LogP) is 1.34. The van der Waals surface area contributed by atoms with Gasteiger partial charge < -0.3 is 10.6 Å². The van der Waals surface area contributed by atoms with Crippen LogP contribution in [0.1, 0.15) is 19.0 Å². The minimum Gasteiger partial charge on any atom is -0.382 e. The molecule has 17 heavy (non-hydrogen) atoms. The maximum absolute atomic E-state index is 7.51. The normalized spacial score (nSPS) is 12.2.